The minimum absolute atomic E-state index is 0.154. The van der Waals surface area contributed by atoms with Gasteiger partial charge in [-0.25, -0.2) is 0 Å². The molecule has 0 saturated carbocycles. The fourth-order valence-electron chi connectivity index (χ4n) is 6.46. The van der Waals surface area contributed by atoms with E-state index in [1.165, 1.54) is 0 Å². The summed E-state index contributed by atoms with van der Waals surface area (Å²) in [6.45, 7) is 1.24. The molecule has 0 fully saturated rings. The zero-order chi connectivity index (χ0) is 34.1. The monoisotopic (exact) mass is 698 g/mol. The molecule has 250 valence electrons. The largest absolute Gasteiger partial charge is 0.492 e. The molecule has 12 heteroatoms. The van der Waals surface area contributed by atoms with Crippen molar-refractivity contribution in [1.29, 1.82) is 0 Å². The summed E-state index contributed by atoms with van der Waals surface area (Å²) in [5.41, 5.74) is 7.99. The first-order chi connectivity index (χ1) is 23.9. The number of nitrogens with zero attached hydrogens (tertiary/aromatic N) is 6. The van der Waals surface area contributed by atoms with Crippen molar-refractivity contribution < 1.29 is 28.7 Å². The highest BCUT2D eigenvalue weighted by Gasteiger charge is 2.38. The highest BCUT2D eigenvalue weighted by molar-refractivity contribution is 6.30. The van der Waals surface area contributed by atoms with E-state index in [0.29, 0.717) is 23.0 Å². The van der Waals surface area contributed by atoms with Crippen LogP contribution in [0.5, 0.6) is 11.5 Å². The molecule has 0 bridgehead atoms. The number of halogens is 2. The Morgan fingerprint density at radius 2 is 1.08 bits per heavy atom. The van der Waals surface area contributed by atoms with E-state index in [4.69, 9.17) is 42.6 Å². The first-order valence-electron chi connectivity index (χ1n) is 15.9. The van der Waals surface area contributed by atoms with Crippen LogP contribution in [0, 0.1) is 0 Å². The van der Waals surface area contributed by atoms with Crippen LogP contribution in [0.25, 0.3) is 33.9 Å². The van der Waals surface area contributed by atoms with Crippen molar-refractivity contribution in [3.63, 3.8) is 0 Å². The Hall–Kier alpha value is -4.74. The maximum atomic E-state index is 10.0. The molecule has 4 aromatic carbocycles. The van der Waals surface area contributed by atoms with Gasteiger partial charge in [0.25, 0.3) is 0 Å². The van der Waals surface area contributed by atoms with Gasteiger partial charge < -0.3 is 19.3 Å². The highest BCUT2D eigenvalue weighted by Crippen LogP contribution is 2.31. The van der Waals surface area contributed by atoms with E-state index in [-0.39, 0.29) is 6.10 Å². The van der Waals surface area contributed by atoms with E-state index in [0.717, 1.165) is 69.7 Å². The van der Waals surface area contributed by atoms with Gasteiger partial charge in [0.1, 0.15) is 25.3 Å². The lowest BCUT2D eigenvalue weighted by Gasteiger charge is -2.07. The minimum Gasteiger partial charge on any atom is -0.492 e. The lowest BCUT2D eigenvalue weighted by atomic mass is 10.1. The lowest BCUT2D eigenvalue weighted by Crippen LogP contribution is -2.37. The predicted molar refractivity (Wildman–Crippen MR) is 186 cm³/mol. The Kier molecular flexibility index (Phi) is 9.38. The number of aliphatic hydroxyl groups is 1. The molecule has 2 aliphatic rings. The summed E-state index contributed by atoms with van der Waals surface area (Å²) in [7, 11) is 5.06. The van der Waals surface area contributed by atoms with Crippen LogP contribution in [0.2, 0.25) is 10.0 Å². The molecule has 0 spiro atoms. The Morgan fingerprint density at radius 3 is 1.55 bits per heavy atom. The van der Waals surface area contributed by atoms with Gasteiger partial charge in [-0.1, -0.05) is 56.8 Å². The van der Waals surface area contributed by atoms with Crippen LogP contribution in [-0.2, 0) is 30.7 Å². The van der Waals surface area contributed by atoms with Crippen molar-refractivity contribution in [2.24, 2.45) is 0 Å². The van der Waals surface area contributed by atoms with E-state index in [1.54, 1.807) is 21.3 Å². The minimum atomic E-state index is -0.397. The first-order valence-corrected chi connectivity index (χ1v) is 16.7. The number of benzene rings is 4. The third-order valence-electron chi connectivity index (χ3n) is 8.79. The van der Waals surface area contributed by atoms with Crippen LogP contribution in [0.15, 0.2) is 97.1 Å². The molecule has 0 unspecified atom stereocenters. The highest BCUT2D eigenvalue weighted by atomic mass is 35.5. The Bertz CT molecular complexity index is 2100. The Balaban J connectivity index is 0.000000154. The summed E-state index contributed by atoms with van der Waals surface area (Å²) in [6.07, 6.45) is 1.16. The van der Waals surface area contributed by atoms with Crippen molar-refractivity contribution in [3.8, 4) is 45.4 Å². The molecule has 0 amide bonds. The zero-order valence-corrected chi connectivity index (χ0v) is 28.8. The lowest BCUT2D eigenvalue weighted by molar-refractivity contribution is -0.652. The summed E-state index contributed by atoms with van der Waals surface area (Å²) in [5, 5.41) is 20.9. The van der Waals surface area contributed by atoms with E-state index in [2.05, 4.69) is 5.21 Å². The third-order valence-corrected chi connectivity index (χ3v) is 9.30. The maximum absolute atomic E-state index is 10.0. The van der Waals surface area contributed by atoms with Gasteiger partial charge in [-0.05, 0) is 72.8 Å². The van der Waals surface area contributed by atoms with Crippen LogP contribution in [-0.4, -0.2) is 58.4 Å². The topological polar surface area (TPSA) is 91.3 Å². The molecule has 4 heterocycles. The van der Waals surface area contributed by atoms with E-state index < -0.39 is 6.10 Å². The van der Waals surface area contributed by atoms with Crippen LogP contribution in [0.1, 0.15) is 11.4 Å². The predicted octanol–water partition coefficient (Wildman–Crippen LogP) is 5.47. The smallest absolute Gasteiger partial charge is 0.207 e. The van der Waals surface area contributed by atoms with Gasteiger partial charge in [0.2, 0.25) is 11.4 Å². The Morgan fingerprint density at radius 1 is 0.633 bits per heavy atom. The molecule has 8 rings (SSSR count). The normalized spacial score (nSPS) is 16.1. The number of hydrogen-bond donors (Lipinski definition) is 1. The second-order valence-electron chi connectivity index (χ2n) is 11.8. The summed E-state index contributed by atoms with van der Waals surface area (Å²) < 4.78 is 24.3. The van der Waals surface area contributed by atoms with Crippen LogP contribution < -0.4 is 18.8 Å². The molecule has 0 aliphatic carbocycles. The number of para-hydroxylation sites is 4. The van der Waals surface area contributed by atoms with Gasteiger partial charge in [0.05, 0.1) is 24.6 Å². The van der Waals surface area contributed by atoms with Gasteiger partial charge in [-0.2, -0.15) is 0 Å². The molecule has 10 nitrogen and oxygen atoms in total. The molecule has 2 atom stereocenters. The quantitative estimate of drug-likeness (QED) is 0.223. The van der Waals surface area contributed by atoms with Crippen molar-refractivity contribution >= 4 is 23.2 Å². The summed E-state index contributed by atoms with van der Waals surface area (Å²) in [6, 6.07) is 31.1. The molecule has 2 aromatic heterocycles. The average molecular weight is 700 g/mol. The number of hydrogen-bond acceptors (Lipinski definition) is 6. The van der Waals surface area contributed by atoms with Crippen LogP contribution in [0.3, 0.4) is 0 Å². The fourth-order valence-corrected chi connectivity index (χ4v) is 6.71. The van der Waals surface area contributed by atoms with Gasteiger partial charge in [-0.3, -0.25) is 0 Å². The summed E-state index contributed by atoms with van der Waals surface area (Å²) in [4.78, 5) is 0. The second-order valence-corrected chi connectivity index (χ2v) is 12.7. The van der Waals surface area contributed by atoms with Crippen LogP contribution >= 0.6 is 23.2 Å². The second kappa shape index (κ2) is 14.0. The van der Waals surface area contributed by atoms with E-state index in [9.17, 15) is 5.11 Å². The van der Waals surface area contributed by atoms with Crippen molar-refractivity contribution in [2.75, 3.05) is 21.3 Å². The molecule has 2 aliphatic heterocycles. The number of rotatable bonds is 7. The van der Waals surface area contributed by atoms with Crippen molar-refractivity contribution in [1.82, 2.24) is 19.8 Å². The zero-order valence-electron chi connectivity index (χ0n) is 27.3. The third kappa shape index (κ3) is 6.40. The van der Waals surface area contributed by atoms with Gasteiger partial charge in [0.15, 0.2) is 34.3 Å². The molecular weight excluding hydrogens is 663 g/mol. The number of aromatic nitrogens is 6. The molecule has 1 N–H and O–H groups in total. The average Bonchev–Trinajstić information content (AvgIpc) is 3.88. The van der Waals surface area contributed by atoms with Crippen LogP contribution in [0.4, 0.5) is 0 Å². The molecule has 6 aromatic rings. The summed E-state index contributed by atoms with van der Waals surface area (Å²) >= 11 is 12.1. The SMILES string of the molecule is COc1ccccc1-[n+]1nn2c(c1-c1ccc(Cl)cc1)C[C@@H](O)C2.COc1ccccc1-[n+]1nn2c(c1-c1ccc(Cl)cc1)C[C@@H](OC)C2. The number of aliphatic hydroxyl groups excluding tert-OH is 1. The van der Waals surface area contributed by atoms with E-state index >= 15 is 0 Å². The summed E-state index contributed by atoms with van der Waals surface area (Å²) in [5.74, 6) is 1.53. The van der Waals surface area contributed by atoms with E-state index in [1.807, 2.05) is 116 Å². The number of fused-ring (bicyclic) bond motifs is 2. The van der Waals surface area contributed by atoms with Crippen molar-refractivity contribution in [2.45, 2.75) is 38.1 Å². The first kappa shape index (κ1) is 32.8. The van der Waals surface area contributed by atoms with Crippen molar-refractivity contribution in [3.05, 3.63) is 118 Å². The molecular formula is C37H36Cl2N6O4+2. The Labute approximate surface area is 294 Å². The maximum Gasteiger partial charge on any atom is 0.207 e. The van der Waals surface area contributed by atoms with Gasteiger partial charge in [-0.15, -0.1) is 9.36 Å². The van der Waals surface area contributed by atoms with Gasteiger partial charge >= 0.3 is 0 Å². The molecule has 0 saturated heterocycles. The molecule has 0 radical (unpaired) electrons. The standard InChI is InChI=1S/C19H19ClN3O2.C18H17ClN3O2/c1-24-15-11-17-19(13-7-9-14(20)10-8-13)23(21-22(17)12-15)16-5-3-4-6-18(16)25-2;1-24-17-5-3-2-4-15(17)22-18(12-6-8-13(19)9-7-12)16-10-14(23)11-21(16)20-22/h3-10,15H,11-12H2,1-2H3;2-9,14,23H,10-11H2,1H3/q2*+1/t15-;14-/m11/s1. The number of methoxy groups -OCH3 is 3. The molecule has 49 heavy (non-hydrogen) atoms. The van der Waals surface area contributed by atoms with Gasteiger partial charge in [0, 0.05) is 41.1 Å². The fraction of sp³-hybridized carbons (Fsp3) is 0.243. The number of ether oxygens (including phenoxy) is 3.